The van der Waals surface area contributed by atoms with Crippen LogP contribution in [-0.4, -0.2) is 41.2 Å². The van der Waals surface area contributed by atoms with E-state index >= 15 is 0 Å². The molecule has 0 fully saturated rings. The van der Waals surface area contributed by atoms with Crippen molar-refractivity contribution >= 4 is 17.1 Å². The Morgan fingerprint density at radius 1 is 1.14 bits per heavy atom. The first-order valence-corrected chi connectivity index (χ1v) is 7.16. The van der Waals surface area contributed by atoms with Crippen LogP contribution in [0.4, 0.5) is 5.95 Å². The second kappa shape index (κ2) is 5.47. The van der Waals surface area contributed by atoms with Crippen LogP contribution in [0.1, 0.15) is 32.4 Å². The molecular weight excluding hydrogens is 268 g/mol. The van der Waals surface area contributed by atoms with Crippen LogP contribution in [0.25, 0.3) is 17.0 Å². The summed E-state index contributed by atoms with van der Waals surface area (Å²) in [7, 11) is 0. The van der Waals surface area contributed by atoms with Gasteiger partial charge in [-0.3, -0.25) is 0 Å². The lowest BCUT2D eigenvalue weighted by Crippen LogP contribution is -2.10. The van der Waals surface area contributed by atoms with Crippen molar-refractivity contribution in [3.8, 4) is 5.82 Å². The van der Waals surface area contributed by atoms with Crippen molar-refractivity contribution in [3.05, 3.63) is 18.0 Å². The molecule has 0 amide bonds. The third kappa shape index (κ3) is 2.32. The average Bonchev–Trinajstić information content (AvgIpc) is 3.12. The van der Waals surface area contributed by atoms with Crippen molar-refractivity contribution in [1.82, 2.24) is 34.7 Å². The smallest absolute Gasteiger partial charge is 0.226 e. The van der Waals surface area contributed by atoms with E-state index in [0.717, 1.165) is 36.6 Å². The first-order chi connectivity index (χ1) is 10.3. The fourth-order valence-corrected chi connectivity index (χ4v) is 2.15. The maximum absolute atomic E-state index is 4.56. The Balaban J connectivity index is 2.22. The second-order valence-electron chi connectivity index (χ2n) is 4.57. The summed E-state index contributed by atoms with van der Waals surface area (Å²) in [6, 6.07) is 0. The highest BCUT2D eigenvalue weighted by atomic mass is 15.4. The highest BCUT2D eigenvalue weighted by Gasteiger charge is 2.16. The summed E-state index contributed by atoms with van der Waals surface area (Å²) in [6.45, 7) is 6.83. The standard InChI is InChI=1S/C13H18N8/c1-4-8-17-9(5-2)21(20-8)12-10-11(16-7-15-10)18-13(19-12)14-6-3/h7H,4-6H2,1-3H3,(H2,14,15,16,18,19). The second-order valence-corrected chi connectivity index (χ2v) is 4.57. The van der Waals surface area contributed by atoms with Gasteiger partial charge in [-0.2, -0.15) is 14.6 Å². The number of fused-ring (bicyclic) bond motifs is 1. The number of aromatic amines is 1. The minimum absolute atomic E-state index is 0.544. The minimum atomic E-state index is 0.544. The number of rotatable bonds is 5. The van der Waals surface area contributed by atoms with Gasteiger partial charge in [0.05, 0.1) is 6.33 Å². The molecule has 0 aliphatic carbocycles. The van der Waals surface area contributed by atoms with Crippen LogP contribution in [0.2, 0.25) is 0 Å². The zero-order chi connectivity index (χ0) is 14.8. The van der Waals surface area contributed by atoms with E-state index < -0.39 is 0 Å². The summed E-state index contributed by atoms with van der Waals surface area (Å²) in [5.41, 5.74) is 1.38. The summed E-state index contributed by atoms with van der Waals surface area (Å²) in [4.78, 5) is 20.8. The number of hydrogen-bond acceptors (Lipinski definition) is 6. The van der Waals surface area contributed by atoms with E-state index in [-0.39, 0.29) is 0 Å². The van der Waals surface area contributed by atoms with Gasteiger partial charge in [-0.25, -0.2) is 9.97 Å². The largest absolute Gasteiger partial charge is 0.354 e. The molecule has 3 heterocycles. The van der Waals surface area contributed by atoms with E-state index in [1.54, 1.807) is 11.0 Å². The molecule has 0 aliphatic heterocycles. The van der Waals surface area contributed by atoms with Crippen molar-refractivity contribution in [2.45, 2.75) is 33.6 Å². The monoisotopic (exact) mass is 286 g/mol. The van der Waals surface area contributed by atoms with Gasteiger partial charge in [0, 0.05) is 19.4 Å². The van der Waals surface area contributed by atoms with Crippen LogP contribution < -0.4 is 5.32 Å². The Morgan fingerprint density at radius 3 is 2.71 bits per heavy atom. The van der Waals surface area contributed by atoms with Crippen LogP contribution in [0.15, 0.2) is 6.33 Å². The number of anilines is 1. The van der Waals surface area contributed by atoms with Crippen molar-refractivity contribution in [1.29, 1.82) is 0 Å². The molecule has 21 heavy (non-hydrogen) atoms. The number of hydrogen-bond donors (Lipinski definition) is 2. The molecule has 3 aromatic heterocycles. The number of nitrogens with one attached hydrogen (secondary N) is 2. The van der Waals surface area contributed by atoms with Gasteiger partial charge in [0.15, 0.2) is 17.3 Å². The maximum atomic E-state index is 4.56. The summed E-state index contributed by atoms with van der Waals surface area (Å²) in [5.74, 6) is 2.91. The topological polar surface area (TPSA) is 97.2 Å². The first-order valence-electron chi connectivity index (χ1n) is 7.16. The molecule has 0 radical (unpaired) electrons. The van der Waals surface area contributed by atoms with Crippen molar-refractivity contribution in [3.63, 3.8) is 0 Å². The molecule has 0 atom stereocenters. The summed E-state index contributed by atoms with van der Waals surface area (Å²) >= 11 is 0. The lowest BCUT2D eigenvalue weighted by Gasteiger charge is -2.07. The summed E-state index contributed by atoms with van der Waals surface area (Å²) < 4.78 is 1.78. The third-order valence-corrected chi connectivity index (χ3v) is 3.15. The number of nitrogens with zero attached hydrogens (tertiary/aromatic N) is 6. The SMILES string of the molecule is CCNc1nc(-n2nc(CC)nc2CC)c2[nH]cnc2n1. The van der Waals surface area contributed by atoms with Gasteiger partial charge in [0.2, 0.25) is 5.95 Å². The number of aromatic nitrogens is 7. The van der Waals surface area contributed by atoms with Crippen LogP contribution in [0.3, 0.4) is 0 Å². The fraction of sp³-hybridized carbons (Fsp3) is 0.462. The number of imidazole rings is 1. The highest BCUT2D eigenvalue weighted by Crippen LogP contribution is 2.19. The Morgan fingerprint density at radius 2 is 2.00 bits per heavy atom. The molecule has 8 heteroatoms. The maximum Gasteiger partial charge on any atom is 0.226 e. The fourth-order valence-electron chi connectivity index (χ4n) is 2.15. The molecule has 0 unspecified atom stereocenters. The van der Waals surface area contributed by atoms with Crippen LogP contribution in [0, 0.1) is 0 Å². The molecule has 0 bridgehead atoms. The van der Waals surface area contributed by atoms with Gasteiger partial charge in [0.1, 0.15) is 11.3 Å². The average molecular weight is 286 g/mol. The Bertz CT molecular complexity index is 757. The zero-order valence-electron chi connectivity index (χ0n) is 12.4. The van der Waals surface area contributed by atoms with E-state index in [4.69, 9.17) is 0 Å². The quantitative estimate of drug-likeness (QED) is 0.737. The normalized spacial score (nSPS) is 11.2. The van der Waals surface area contributed by atoms with E-state index in [1.165, 1.54) is 0 Å². The van der Waals surface area contributed by atoms with Crippen LogP contribution in [0.5, 0.6) is 0 Å². The zero-order valence-corrected chi connectivity index (χ0v) is 12.4. The van der Waals surface area contributed by atoms with E-state index in [1.807, 2.05) is 13.8 Å². The molecule has 8 nitrogen and oxygen atoms in total. The molecule has 0 aliphatic rings. The Kier molecular flexibility index (Phi) is 3.51. The van der Waals surface area contributed by atoms with E-state index in [9.17, 15) is 0 Å². The number of H-pyrrole nitrogens is 1. The van der Waals surface area contributed by atoms with Crippen molar-refractivity contribution in [2.75, 3.05) is 11.9 Å². The minimum Gasteiger partial charge on any atom is -0.354 e. The molecular formula is C13H18N8. The summed E-state index contributed by atoms with van der Waals surface area (Å²) in [5, 5.41) is 7.66. The van der Waals surface area contributed by atoms with Gasteiger partial charge in [-0.15, -0.1) is 5.10 Å². The number of aryl methyl sites for hydroxylation is 2. The Hall–Kier alpha value is -2.51. The lowest BCUT2D eigenvalue weighted by atomic mass is 10.4. The van der Waals surface area contributed by atoms with E-state index in [0.29, 0.717) is 17.4 Å². The Labute approximate surface area is 122 Å². The predicted molar refractivity (Wildman–Crippen MR) is 79.5 cm³/mol. The van der Waals surface area contributed by atoms with Gasteiger partial charge >= 0.3 is 0 Å². The van der Waals surface area contributed by atoms with Crippen LogP contribution in [-0.2, 0) is 12.8 Å². The lowest BCUT2D eigenvalue weighted by molar-refractivity contribution is 0.772. The molecule has 0 saturated heterocycles. The molecule has 110 valence electrons. The van der Waals surface area contributed by atoms with Crippen LogP contribution >= 0.6 is 0 Å². The molecule has 2 N–H and O–H groups in total. The molecule has 0 spiro atoms. The van der Waals surface area contributed by atoms with Gasteiger partial charge in [-0.05, 0) is 6.92 Å². The molecule has 0 aromatic carbocycles. The molecule has 3 rings (SSSR count). The van der Waals surface area contributed by atoms with E-state index in [2.05, 4.69) is 42.3 Å². The molecule has 0 saturated carbocycles. The van der Waals surface area contributed by atoms with Gasteiger partial charge < -0.3 is 10.3 Å². The summed E-state index contributed by atoms with van der Waals surface area (Å²) in [6.07, 6.45) is 3.18. The van der Waals surface area contributed by atoms with Crippen molar-refractivity contribution in [2.24, 2.45) is 0 Å². The highest BCUT2D eigenvalue weighted by molar-refractivity contribution is 5.79. The third-order valence-electron chi connectivity index (χ3n) is 3.15. The first kappa shape index (κ1) is 13.5. The van der Waals surface area contributed by atoms with Crippen molar-refractivity contribution < 1.29 is 0 Å². The van der Waals surface area contributed by atoms with Gasteiger partial charge in [-0.1, -0.05) is 13.8 Å². The van der Waals surface area contributed by atoms with Gasteiger partial charge in [0.25, 0.3) is 0 Å². The predicted octanol–water partition coefficient (Wildman–Crippen LogP) is 1.49. The molecule has 3 aromatic rings.